The minimum absolute atomic E-state index is 0.0124. The number of benzene rings is 3. The monoisotopic (exact) mass is 512 g/mol. The van der Waals surface area contributed by atoms with E-state index in [2.05, 4.69) is 54.0 Å². The second kappa shape index (κ2) is 11.2. The normalized spacial score (nSPS) is 19.2. The number of methoxy groups -OCH3 is 1. The number of alkyl halides is 1. The maximum atomic E-state index is 17.8. The molecule has 1 heterocycles. The van der Waals surface area contributed by atoms with Crippen LogP contribution in [0, 0.1) is 13.8 Å². The molecule has 3 N–H and O–H groups in total. The van der Waals surface area contributed by atoms with Crippen molar-refractivity contribution in [2.24, 2.45) is 0 Å². The number of ether oxygens (including phenoxy) is 1. The van der Waals surface area contributed by atoms with Gasteiger partial charge in [-0.1, -0.05) is 60.7 Å². The second-order valence-corrected chi connectivity index (χ2v) is 10.3. The van der Waals surface area contributed by atoms with E-state index in [9.17, 15) is 5.11 Å². The van der Waals surface area contributed by atoms with E-state index in [1.165, 1.54) is 11.1 Å². The predicted octanol–water partition coefficient (Wildman–Crippen LogP) is 5.75. The summed E-state index contributed by atoms with van der Waals surface area (Å²) in [5, 5.41) is 16.0. The Morgan fingerprint density at radius 2 is 1.84 bits per heavy atom. The van der Waals surface area contributed by atoms with Crippen LogP contribution in [0.1, 0.15) is 39.8 Å². The molecule has 0 aromatic heterocycles. The van der Waals surface area contributed by atoms with Crippen LogP contribution in [0.4, 0.5) is 4.39 Å². The number of fused-ring (bicyclic) bond motifs is 1. The molecule has 0 fully saturated rings. The lowest BCUT2D eigenvalue weighted by Crippen LogP contribution is -2.35. The van der Waals surface area contributed by atoms with Crippen molar-refractivity contribution in [2.75, 3.05) is 33.4 Å². The first-order valence-electron chi connectivity index (χ1n) is 13.4. The number of aliphatic hydroxyl groups is 1. The largest absolute Gasteiger partial charge is 0.497 e. The van der Waals surface area contributed by atoms with Crippen LogP contribution < -0.4 is 10.6 Å². The van der Waals surface area contributed by atoms with Gasteiger partial charge in [-0.2, -0.15) is 0 Å². The highest BCUT2D eigenvalue weighted by Crippen LogP contribution is 2.49. The first-order chi connectivity index (χ1) is 18.5. The van der Waals surface area contributed by atoms with Crippen LogP contribution in [0.15, 0.2) is 78.1 Å². The smallest absolute Gasteiger partial charge is 0.166 e. The minimum atomic E-state index is -1.78. The Hall–Kier alpha value is -3.25. The predicted molar refractivity (Wildman–Crippen MR) is 153 cm³/mol. The van der Waals surface area contributed by atoms with Crippen LogP contribution >= 0.6 is 0 Å². The third kappa shape index (κ3) is 4.94. The van der Waals surface area contributed by atoms with E-state index in [1.807, 2.05) is 37.3 Å². The lowest BCUT2D eigenvalue weighted by atomic mass is 9.74. The molecule has 0 bridgehead atoms. The van der Waals surface area contributed by atoms with Gasteiger partial charge in [0.05, 0.1) is 13.7 Å². The highest BCUT2D eigenvalue weighted by atomic mass is 19.1. The molecule has 5 heteroatoms. The minimum Gasteiger partial charge on any atom is -0.497 e. The lowest BCUT2D eigenvalue weighted by molar-refractivity contribution is 0.190. The van der Waals surface area contributed by atoms with Gasteiger partial charge in [-0.25, -0.2) is 4.39 Å². The van der Waals surface area contributed by atoms with Crippen molar-refractivity contribution in [1.82, 2.24) is 10.6 Å². The molecule has 0 radical (unpaired) electrons. The zero-order valence-corrected chi connectivity index (χ0v) is 22.5. The molecule has 0 spiro atoms. The maximum absolute atomic E-state index is 17.8. The van der Waals surface area contributed by atoms with Gasteiger partial charge in [-0.3, -0.25) is 0 Å². The van der Waals surface area contributed by atoms with E-state index < -0.39 is 5.67 Å². The fourth-order valence-corrected chi connectivity index (χ4v) is 5.95. The number of aliphatic hydroxyl groups excluding tert-OH is 1. The van der Waals surface area contributed by atoms with Gasteiger partial charge in [0.2, 0.25) is 0 Å². The third-order valence-electron chi connectivity index (χ3n) is 7.98. The molecule has 5 rings (SSSR count). The molecule has 4 nitrogen and oxygen atoms in total. The number of nitrogens with one attached hydrogen (secondary N) is 2. The molecule has 0 saturated carbocycles. The molecule has 1 atom stereocenters. The molecule has 198 valence electrons. The molecule has 1 aliphatic carbocycles. The van der Waals surface area contributed by atoms with Crippen molar-refractivity contribution in [2.45, 2.75) is 38.9 Å². The first kappa shape index (κ1) is 26.4. The van der Waals surface area contributed by atoms with Gasteiger partial charge in [0, 0.05) is 31.6 Å². The van der Waals surface area contributed by atoms with Crippen molar-refractivity contribution in [3.63, 3.8) is 0 Å². The average Bonchev–Trinajstić information content (AvgIpc) is 2.94. The summed E-state index contributed by atoms with van der Waals surface area (Å²) in [6, 6.07) is 20.7. The fraction of sp³-hybridized carbons (Fsp3) is 0.333. The Morgan fingerprint density at radius 3 is 2.63 bits per heavy atom. The molecular formula is C33H37FN2O2. The number of hydrogen-bond donors (Lipinski definition) is 3. The van der Waals surface area contributed by atoms with Crippen LogP contribution in [0.3, 0.4) is 0 Å². The summed E-state index contributed by atoms with van der Waals surface area (Å²) >= 11 is 0. The average molecular weight is 513 g/mol. The summed E-state index contributed by atoms with van der Waals surface area (Å²) < 4.78 is 23.7. The van der Waals surface area contributed by atoms with Crippen molar-refractivity contribution in [3.8, 4) is 11.1 Å². The number of rotatable bonds is 8. The number of hydrogen-bond acceptors (Lipinski definition) is 4. The fourth-order valence-electron chi connectivity index (χ4n) is 5.95. The van der Waals surface area contributed by atoms with Crippen molar-refractivity contribution in [1.29, 1.82) is 0 Å². The second-order valence-electron chi connectivity index (χ2n) is 10.3. The number of aryl methyl sites for hydroxylation is 1. The summed E-state index contributed by atoms with van der Waals surface area (Å²) in [5.74, 6) is 0.536. The molecule has 1 unspecified atom stereocenters. The van der Waals surface area contributed by atoms with Gasteiger partial charge < -0.3 is 20.5 Å². The quantitative estimate of drug-likeness (QED) is 0.337. The van der Waals surface area contributed by atoms with Gasteiger partial charge in [0.15, 0.2) is 5.67 Å². The third-order valence-corrected chi connectivity index (χ3v) is 7.98. The van der Waals surface area contributed by atoms with Crippen LogP contribution in [0.2, 0.25) is 0 Å². The van der Waals surface area contributed by atoms with E-state index in [0.717, 1.165) is 52.9 Å². The molecule has 38 heavy (non-hydrogen) atoms. The summed E-state index contributed by atoms with van der Waals surface area (Å²) in [5.41, 5.74) is 8.29. The Labute approximate surface area is 225 Å². The van der Waals surface area contributed by atoms with Crippen LogP contribution in [0.25, 0.3) is 16.7 Å². The van der Waals surface area contributed by atoms with E-state index in [1.54, 1.807) is 7.11 Å². The van der Waals surface area contributed by atoms with E-state index in [4.69, 9.17) is 4.74 Å². The summed E-state index contributed by atoms with van der Waals surface area (Å²) in [6.07, 6.45) is 3.19. The van der Waals surface area contributed by atoms with Gasteiger partial charge in [0.1, 0.15) is 5.76 Å². The van der Waals surface area contributed by atoms with Gasteiger partial charge in [0.25, 0.3) is 0 Å². The molecular weight excluding hydrogens is 475 g/mol. The Bertz CT molecular complexity index is 1390. The van der Waals surface area contributed by atoms with Gasteiger partial charge in [-0.15, -0.1) is 0 Å². The van der Waals surface area contributed by atoms with E-state index in [0.29, 0.717) is 23.4 Å². The molecule has 3 aromatic rings. The summed E-state index contributed by atoms with van der Waals surface area (Å²) in [6.45, 7) is 6.62. The van der Waals surface area contributed by atoms with Crippen molar-refractivity contribution >= 4 is 5.57 Å². The number of halogens is 1. The Balaban J connectivity index is 1.64. The Kier molecular flexibility index (Phi) is 7.80. The number of allylic oxidation sites excluding steroid dienone is 2. The SMILES string of the molecule is COC1=C(CNCCO)C(F)(c2cccc(-c3ccc4c(c3)CCNC4)c2C)CC(c2ccccc2C)=C1. The van der Waals surface area contributed by atoms with E-state index in [-0.39, 0.29) is 19.6 Å². The Morgan fingerprint density at radius 1 is 1.03 bits per heavy atom. The zero-order chi connectivity index (χ0) is 26.7. The van der Waals surface area contributed by atoms with Crippen LogP contribution in [0.5, 0.6) is 0 Å². The first-order valence-corrected chi connectivity index (χ1v) is 13.4. The topological polar surface area (TPSA) is 53.5 Å². The summed E-state index contributed by atoms with van der Waals surface area (Å²) in [7, 11) is 1.60. The molecule has 0 amide bonds. The summed E-state index contributed by atoms with van der Waals surface area (Å²) in [4.78, 5) is 0. The van der Waals surface area contributed by atoms with Crippen molar-refractivity contribution < 1.29 is 14.2 Å². The van der Waals surface area contributed by atoms with Gasteiger partial charge >= 0.3 is 0 Å². The van der Waals surface area contributed by atoms with Crippen molar-refractivity contribution in [3.05, 3.63) is 111 Å². The molecule has 1 aliphatic heterocycles. The van der Waals surface area contributed by atoms with Crippen LogP contribution in [-0.2, 0) is 23.4 Å². The van der Waals surface area contributed by atoms with Crippen LogP contribution in [-0.4, -0.2) is 38.5 Å². The highest BCUT2D eigenvalue weighted by Gasteiger charge is 2.43. The lowest BCUT2D eigenvalue weighted by Gasteiger charge is -2.36. The standard InChI is InChI=1S/C33H37FN2O2/c1-22-7-4-5-8-28(22)27-18-32(38-3)31(21-36-15-16-37)33(34,19-27)30-10-6-9-29(23(30)2)25-11-12-26-20-35-14-13-24(26)17-25/h4-12,17-18,35-37H,13-16,19-21H2,1-3H3. The maximum Gasteiger partial charge on any atom is 0.166 e. The highest BCUT2D eigenvalue weighted by molar-refractivity contribution is 5.76. The van der Waals surface area contributed by atoms with E-state index >= 15 is 4.39 Å². The molecule has 2 aliphatic rings. The molecule has 0 saturated heterocycles. The molecule has 3 aromatic carbocycles. The zero-order valence-electron chi connectivity index (χ0n) is 22.5. The van der Waals surface area contributed by atoms with Gasteiger partial charge in [-0.05, 0) is 83.0 Å².